The minimum Gasteiger partial charge on any atom is -0.352 e. The van der Waals surface area contributed by atoms with Crippen molar-refractivity contribution in [3.05, 3.63) is 35.4 Å². The largest absolute Gasteiger partial charge is 0.416 e. The van der Waals surface area contributed by atoms with E-state index in [1.54, 1.807) is 11.0 Å². The molecule has 7 heteroatoms. The number of halogens is 3. The van der Waals surface area contributed by atoms with E-state index in [2.05, 4.69) is 5.32 Å². The average molecular weight is 356 g/mol. The topological polar surface area (TPSA) is 49.4 Å². The number of carbonyl (C=O) groups is 2. The van der Waals surface area contributed by atoms with Gasteiger partial charge in [0, 0.05) is 31.5 Å². The predicted molar refractivity (Wildman–Crippen MR) is 87.4 cm³/mol. The fourth-order valence-electron chi connectivity index (χ4n) is 2.92. The number of hydrogen-bond donors (Lipinski definition) is 1. The second-order valence-electron chi connectivity index (χ2n) is 6.67. The number of rotatable bonds is 4. The van der Waals surface area contributed by atoms with Crippen molar-refractivity contribution in [3.8, 4) is 0 Å². The molecule has 0 aromatic heterocycles. The van der Waals surface area contributed by atoms with Crippen LogP contribution in [0.2, 0.25) is 0 Å². The van der Waals surface area contributed by atoms with Gasteiger partial charge in [0.05, 0.1) is 5.56 Å². The lowest BCUT2D eigenvalue weighted by Crippen LogP contribution is -2.44. The Hall–Kier alpha value is -2.05. The molecule has 0 radical (unpaired) electrons. The summed E-state index contributed by atoms with van der Waals surface area (Å²) in [7, 11) is 0. The van der Waals surface area contributed by atoms with Crippen molar-refractivity contribution in [2.45, 2.75) is 39.4 Å². The number of benzene rings is 1. The van der Waals surface area contributed by atoms with Crippen molar-refractivity contribution >= 4 is 11.8 Å². The van der Waals surface area contributed by atoms with Crippen molar-refractivity contribution in [2.75, 3.05) is 13.1 Å². The molecule has 1 aromatic carbocycles. The highest BCUT2D eigenvalue weighted by molar-refractivity contribution is 5.80. The van der Waals surface area contributed by atoms with Crippen LogP contribution in [0, 0.1) is 11.8 Å². The van der Waals surface area contributed by atoms with Crippen molar-refractivity contribution < 1.29 is 22.8 Å². The lowest BCUT2D eigenvalue weighted by atomic mass is 9.95. The smallest absolute Gasteiger partial charge is 0.352 e. The molecular weight excluding hydrogens is 333 g/mol. The number of carbonyl (C=O) groups excluding carboxylic acids is 2. The molecule has 4 nitrogen and oxygen atoms in total. The van der Waals surface area contributed by atoms with Crippen molar-refractivity contribution in [1.29, 1.82) is 0 Å². The van der Waals surface area contributed by atoms with Gasteiger partial charge in [0.15, 0.2) is 0 Å². The van der Waals surface area contributed by atoms with E-state index < -0.39 is 11.7 Å². The lowest BCUT2D eigenvalue weighted by Gasteiger charge is -2.32. The zero-order chi connectivity index (χ0) is 18.6. The lowest BCUT2D eigenvalue weighted by molar-refractivity contribution is -0.138. The first kappa shape index (κ1) is 19.3. The van der Waals surface area contributed by atoms with Gasteiger partial charge < -0.3 is 10.2 Å². The van der Waals surface area contributed by atoms with E-state index in [9.17, 15) is 22.8 Å². The van der Waals surface area contributed by atoms with Gasteiger partial charge >= 0.3 is 6.18 Å². The maximum Gasteiger partial charge on any atom is 0.416 e. The Kier molecular flexibility index (Phi) is 6.08. The van der Waals surface area contributed by atoms with Gasteiger partial charge in [0.1, 0.15) is 0 Å². The Bertz CT molecular complexity index is 621. The Morgan fingerprint density at radius 2 is 1.88 bits per heavy atom. The van der Waals surface area contributed by atoms with E-state index >= 15 is 0 Å². The van der Waals surface area contributed by atoms with Crippen LogP contribution in [0.25, 0.3) is 0 Å². The summed E-state index contributed by atoms with van der Waals surface area (Å²) < 4.78 is 38.1. The van der Waals surface area contributed by atoms with Crippen LogP contribution in [0.3, 0.4) is 0 Å². The number of piperidine rings is 1. The first-order valence-electron chi connectivity index (χ1n) is 8.41. The highest BCUT2D eigenvalue weighted by atomic mass is 19.4. The molecule has 138 valence electrons. The standard InChI is InChI=1S/C18H23F3N2O2/c1-12(2)17(25)23-8-6-14(7-9-23)16(24)22-11-13-4-3-5-15(10-13)18(19,20)21/h3-5,10,12,14H,6-9,11H2,1-2H3,(H,22,24). The van der Waals surface area contributed by atoms with E-state index in [0.717, 1.165) is 12.1 Å². The second kappa shape index (κ2) is 7.89. The fraction of sp³-hybridized carbons (Fsp3) is 0.556. The minimum atomic E-state index is -4.39. The molecular formula is C18H23F3N2O2. The highest BCUT2D eigenvalue weighted by Gasteiger charge is 2.31. The van der Waals surface area contributed by atoms with Crippen LogP contribution in [0.5, 0.6) is 0 Å². The third kappa shape index (κ3) is 5.21. The number of likely N-dealkylation sites (tertiary alicyclic amines) is 1. The SMILES string of the molecule is CC(C)C(=O)N1CCC(C(=O)NCc2cccc(C(F)(F)F)c2)CC1. The molecule has 0 aliphatic carbocycles. The Morgan fingerprint density at radius 1 is 1.24 bits per heavy atom. The van der Waals surface area contributed by atoms with E-state index in [1.807, 2.05) is 13.8 Å². The van der Waals surface area contributed by atoms with Gasteiger partial charge in [-0.25, -0.2) is 0 Å². The Morgan fingerprint density at radius 3 is 2.44 bits per heavy atom. The molecule has 1 N–H and O–H groups in total. The summed E-state index contributed by atoms with van der Waals surface area (Å²) in [5, 5.41) is 2.70. The van der Waals surface area contributed by atoms with Crippen LogP contribution in [0.4, 0.5) is 13.2 Å². The molecule has 0 unspecified atom stereocenters. The van der Waals surface area contributed by atoms with Crippen LogP contribution in [-0.4, -0.2) is 29.8 Å². The third-order valence-electron chi connectivity index (χ3n) is 4.39. The third-order valence-corrected chi connectivity index (χ3v) is 4.39. The molecule has 25 heavy (non-hydrogen) atoms. The molecule has 1 fully saturated rings. The van der Waals surface area contributed by atoms with Gasteiger partial charge in [-0.15, -0.1) is 0 Å². The first-order chi connectivity index (χ1) is 11.7. The number of nitrogens with one attached hydrogen (secondary N) is 1. The van der Waals surface area contributed by atoms with E-state index in [1.165, 1.54) is 6.07 Å². The maximum absolute atomic E-state index is 12.7. The van der Waals surface area contributed by atoms with E-state index in [-0.39, 0.29) is 30.2 Å². The Balaban J connectivity index is 1.85. The van der Waals surface area contributed by atoms with Crippen molar-refractivity contribution in [2.24, 2.45) is 11.8 Å². The van der Waals surface area contributed by atoms with Crippen LogP contribution >= 0.6 is 0 Å². The van der Waals surface area contributed by atoms with Crippen LogP contribution in [-0.2, 0) is 22.3 Å². The molecule has 1 heterocycles. The van der Waals surface area contributed by atoms with Gasteiger partial charge in [0.2, 0.25) is 11.8 Å². The quantitative estimate of drug-likeness (QED) is 0.901. The monoisotopic (exact) mass is 356 g/mol. The van der Waals surface area contributed by atoms with Gasteiger partial charge in [-0.2, -0.15) is 13.2 Å². The summed E-state index contributed by atoms with van der Waals surface area (Å²) in [4.78, 5) is 25.9. The number of amides is 2. The summed E-state index contributed by atoms with van der Waals surface area (Å²) in [5.74, 6) is -0.356. The zero-order valence-electron chi connectivity index (χ0n) is 14.4. The summed E-state index contributed by atoms with van der Waals surface area (Å²) in [6, 6.07) is 4.94. The molecule has 1 saturated heterocycles. The van der Waals surface area contributed by atoms with E-state index in [0.29, 0.717) is 31.5 Å². The molecule has 0 atom stereocenters. The number of hydrogen-bond acceptors (Lipinski definition) is 2. The number of nitrogens with zero attached hydrogens (tertiary/aromatic N) is 1. The molecule has 0 spiro atoms. The van der Waals surface area contributed by atoms with Crippen LogP contribution in [0.1, 0.15) is 37.8 Å². The molecule has 0 saturated carbocycles. The summed E-state index contributed by atoms with van der Waals surface area (Å²) in [6.07, 6.45) is -3.24. The molecule has 1 aliphatic rings. The van der Waals surface area contributed by atoms with Crippen molar-refractivity contribution in [1.82, 2.24) is 10.2 Å². The molecule has 1 aromatic rings. The fourth-order valence-corrected chi connectivity index (χ4v) is 2.92. The van der Waals surface area contributed by atoms with E-state index in [4.69, 9.17) is 0 Å². The second-order valence-corrected chi connectivity index (χ2v) is 6.67. The summed E-state index contributed by atoms with van der Waals surface area (Å²) >= 11 is 0. The highest BCUT2D eigenvalue weighted by Crippen LogP contribution is 2.29. The average Bonchev–Trinajstić information content (AvgIpc) is 2.58. The molecule has 2 amide bonds. The predicted octanol–water partition coefficient (Wildman–Crippen LogP) is 3.22. The van der Waals surface area contributed by atoms with Gasteiger partial charge in [-0.1, -0.05) is 26.0 Å². The summed E-state index contributed by atoms with van der Waals surface area (Å²) in [6.45, 7) is 4.83. The molecule has 2 rings (SSSR count). The molecule has 0 bridgehead atoms. The van der Waals surface area contributed by atoms with Crippen molar-refractivity contribution in [3.63, 3.8) is 0 Å². The van der Waals surface area contributed by atoms with Gasteiger partial charge in [-0.05, 0) is 30.5 Å². The summed E-state index contributed by atoms with van der Waals surface area (Å²) in [5.41, 5.74) is -0.310. The van der Waals surface area contributed by atoms with Gasteiger partial charge in [0.25, 0.3) is 0 Å². The zero-order valence-corrected chi connectivity index (χ0v) is 14.4. The van der Waals surface area contributed by atoms with Crippen LogP contribution in [0.15, 0.2) is 24.3 Å². The van der Waals surface area contributed by atoms with Gasteiger partial charge in [-0.3, -0.25) is 9.59 Å². The van der Waals surface area contributed by atoms with Crippen LogP contribution < -0.4 is 5.32 Å². The normalized spacial score (nSPS) is 16.2. The number of alkyl halides is 3. The Labute approximate surface area is 145 Å². The first-order valence-corrected chi connectivity index (χ1v) is 8.41. The maximum atomic E-state index is 12.7. The minimum absolute atomic E-state index is 0.0634. The molecule has 1 aliphatic heterocycles.